The Labute approximate surface area is 199 Å². The molecule has 0 N–H and O–H groups in total. The average Bonchev–Trinajstić information content (AvgIpc) is 2.92. The number of piperidine rings is 1. The van der Waals surface area contributed by atoms with E-state index >= 15 is 0 Å². The summed E-state index contributed by atoms with van der Waals surface area (Å²) in [6.45, 7) is 8.04. The lowest BCUT2D eigenvalue weighted by Crippen LogP contribution is -2.49. The zero-order chi connectivity index (χ0) is 23.3. The highest BCUT2D eigenvalue weighted by Gasteiger charge is 2.45. The number of fused-ring (bicyclic) bond motifs is 3. The second kappa shape index (κ2) is 8.42. The van der Waals surface area contributed by atoms with E-state index in [1.54, 1.807) is 19.2 Å². The molecule has 2 aromatic carbocycles. The van der Waals surface area contributed by atoms with Gasteiger partial charge in [0, 0.05) is 48.1 Å². The van der Waals surface area contributed by atoms with E-state index in [0.717, 1.165) is 30.7 Å². The van der Waals surface area contributed by atoms with Crippen molar-refractivity contribution in [1.82, 2.24) is 4.90 Å². The van der Waals surface area contributed by atoms with Crippen molar-refractivity contribution in [2.45, 2.75) is 56.1 Å². The maximum Gasteiger partial charge on any atom is 0.410 e. The fourth-order valence-electron chi connectivity index (χ4n) is 5.31. The number of carbonyl (C=O) groups excluding carboxylic acids is 1. The molecule has 5 rings (SSSR count). The van der Waals surface area contributed by atoms with Gasteiger partial charge in [-0.1, -0.05) is 0 Å². The molecule has 0 aliphatic carbocycles. The number of halogens is 1. The number of thioether (sulfide) groups is 1. The summed E-state index contributed by atoms with van der Waals surface area (Å²) in [6, 6.07) is 9.68. The van der Waals surface area contributed by atoms with E-state index in [2.05, 4.69) is 17.0 Å². The first kappa shape index (κ1) is 22.4. The third-order valence-corrected chi connectivity index (χ3v) is 7.82. The molecule has 3 aliphatic rings. The van der Waals surface area contributed by atoms with E-state index in [0.29, 0.717) is 30.4 Å². The Morgan fingerprint density at radius 3 is 2.73 bits per heavy atom. The summed E-state index contributed by atoms with van der Waals surface area (Å²) >= 11 is 1.86. The van der Waals surface area contributed by atoms with Crippen LogP contribution in [0.4, 0.5) is 14.9 Å². The lowest BCUT2D eigenvalue weighted by atomic mass is 9.88. The van der Waals surface area contributed by atoms with Crippen LogP contribution in [0, 0.1) is 5.82 Å². The van der Waals surface area contributed by atoms with Gasteiger partial charge in [0.2, 0.25) is 0 Å². The summed E-state index contributed by atoms with van der Waals surface area (Å²) in [5, 5.41) is 0. The summed E-state index contributed by atoms with van der Waals surface area (Å²) in [7, 11) is 1.54. The molecule has 3 heterocycles. The quantitative estimate of drug-likeness (QED) is 0.546. The van der Waals surface area contributed by atoms with Crippen molar-refractivity contribution in [3.05, 3.63) is 41.7 Å². The van der Waals surface area contributed by atoms with E-state index < -0.39 is 5.60 Å². The number of carbonyl (C=O) groups is 1. The number of anilines is 1. The Hall–Kier alpha value is -2.41. The summed E-state index contributed by atoms with van der Waals surface area (Å²) in [4.78, 5) is 18.4. The Morgan fingerprint density at radius 2 is 2.00 bits per heavy atom. The minimum absolute atomic E-state index is 0.194. The zero-order valence-corrected chi connectivity index (χ0v) is 20.5. The molecule has 1 saturated heterocycles. The van der Waals surface area contributed by atoms with Crippen molar-refractivity contribution < 1.29 is 18.7 Å². The lowest BCUT2D eigenvalue weighted by Gasteiger charge is -2.39. The monoisotopic (exact) mass is 470 g/mol. The summed E-state index contributed by atoms with van der Waals surface area (Å²) in [6.07, 6.45) is 1.78. The van der Waals surface area contributed by atoms with Gasteiger partial charge in [0.15, 0.2) is 0 Å². The van der Waals surface area contributed by atoms with Crippen LogP contribution in [0.3, 0.4) is 0 Å². The molecule has 3 aliphatic heterocycles. The van der Waals surface area contributed by atoms with Gasteiger partial charge in [-0.2, -0.15) is 0 Å². The molecule has 176 valence electrons. The molecule has 2 atom stereocenters. The SMILES string of the molecule is COc1ccc(-c2cc3c4c(c2)[C@@H]2CN(C(=O)OC(C)(C)C)CC[C@@H]2N4CCCS3)c(F)c1. The summed E-state index contributed by atoms with van der Waals surface area (Å²) in [5.41, 5.74) is 3.46. The largest absolute Gasteiger partial charge is 0.497 e. The zero-order valence-electron chi connectivity index (χ0n) is 19.7. The molecule has 0 spiro atoms. The van der Waals surface area contributed by atoms with Crippen LogP contribution in [-0.2, 0) is 4.74 Å². The van der Waals surface area contributed by atoms with Crippen molar-refractivity contribution in [2.75, 3.05) is 37.4 Å². The molecule has 0 radical (unpaired) electrons. The van der Waals surface area contributed by atoms with Gasteiger partial charge in [-0.3, -0.25) is 0 Å². The maximum atomic E-state index is 15.0. The number of likely N-dealkylation sites (tertiary alicyclic amines) is 1. The van der Waals surface area contributed by atoms with Gasteiger partial charge in [0.05, 0.1) is 12.8 Å². The standard InChI is InChI=1S/C26H31FN2O3S/c1-26(2,3)32-25(30)28-10-8-22-20(15-28)19-12-16(18-7-6-17(31-4)14-21(18)27)13-23-24(19)29(22)9-5-11-33-23/h6-7,12-14,20,22H,5,8-11,15H2,1-4H3/t20-,22-/m0/s1. The average molecular weight is 471 g/mol. The number of nitrogens with zero attached hydrogens (tertiary/aromatic N) is 2. The summed E-state index contributed by atoms with van der Waals surface area (Å²) < 4.78 is 25.8. The van der Waals surface area contributed by atoms with E-state index in [1.807, 2.05) is 37.4 Å². The molecule has 2 aromatic rings. The predicted octanol–water partition coefficient (Wildman–Crippen LogP) is 5.91. The molecule has 0 saturated carbocycles. The summed E-state index contributed by atoms with van der Waals surface area (Å²) in [5.74, 6) is 1.47. The first-order valence-electron chi connectivity index (χ1n) is 11.6. The van der Waals surface area contributed by atoms with Crippen LogP contribution in [0.25, 0.3) is 11.1 Å². The van der Waals surface area contributed by atoms with E-state index in [-0.39, 0.29) is 17.8 Å². The van der Waals surface area contributed by atoms with Gasteiger partial charge in [-0.05, 0) is 74.8 Å². The van der Waals surface area contributed by atoms with Gasteiger partial charge in [0.1, 0.15) is 17.2 Å². The first-order valence-corrected chi connectivity index (χ1v) is 12.6. The van der Waals surface area contributed by atoms with Crippen LogP contribution in [0.2, 0.25) is 0 Å². The molecule has 0 bridgehead atoms. The normalized spacial score (nSPS) is 21.8. The van der Waals surface area contributed by atoms with E-state index in [9.17, 15) is 9.18 Å². The Morgan fingerprint density at radius 1 is 1.18 bits per heavy atom. The molecule has 1 fully saturated rings. The van der Waals surface area contributed by atoms with Gasteiger partial charge in [0.25, 0.3) is 0 Å². The number of rotatable bonds is 2. The van der Waals surface area contributed by atoms with Gasteiger partial charge >= 0.3 is 6.09 Å². The Balaban J connectivity index is 1.54. The smallest absolute Gasteiger partial charge is 0.410 e. The minimum atomic E-state index is -0.517. The highest BCUT2D eigenvalue weighted by atomic mass is 32.2. The van der Waals surface area contributed by atoms with Crippen LogP contribution in [0.1, 0.15) is 45.1 Å². The number of amides is 1. The van der Waals surface area contributed by atoms with Gasteiger partial charge in [-0.25, -0.2) is 9.18 Å². The Bertz CT molecular complexity index is 1080. The van der Waals surface area contributed by atoms with Crippen LogP contribution in [-0.4, -0.2) is 55.1 Å². The van der Waals surface area contributed by atoms with Crippen molar-refractivity contribution >= 4 is 23.5 Å². The van der Waals surface area contributed by atoms with Gasteiger partial charge in [-0.15, -0.1) is 11.8 Å². The predicted molar refractivity (Wildman–Crippen MR) is 130 cm³/mol. The van der Waals surface area contributed by atoms with Crippen molar-refractivity contribution in [1.29, 1.82) is 0 Å². The number of ether oxygens (including phenoxy) is 2. The second-order valence-corrected chi connectivity index (χ2v) is 11.2. The molecule has 33 heavy (non-hydrogen) atoms. The fraction of sp³-hybridized carbons (Fsp3) is 0.500. The van der Waals surface area contributed by atoms with Crippen molar-refractivity contribution in [2.24, 2.45) is 0 Å². The molecule has 0 aromatic heterocycles. The minimum Gasteiger partial charge on any atom is -0.497 e. The van der Waals surface area contributed by atoms with Crippen LogP contribution in [0.15, 0.2) is 35.2 Å². The maximum absolute atomic E-state index is 15.0. The third kappa shape index (κ3) is 4.16. The van der Waals surface area contributed by atoms with E-state index in [1.165, 1.54) is 22.2 Å². The highest BCUT2D eigenvalue weighted by molar-refractivity contribution is 7.99. The number of benzene rings is 2. The van der Waals surface area contributed by atoms with Crippen molar-refractivity contribution in [3.8, 4) is 16.9 Å². The molecule has 5 nitrogen and oxygen atoms in total. The number of methoxy groups -OCH3 is 1. The molecular formula is C26H31FN2O3S. The number of hydrogen-bond donors (Lipinski definition) is 0. The number of hydrogen-bond acceptors (Lipinski definition) is 5. The van der Waals surface area contributed by atoms with Gasteiger partial charge < -0.3 is 19.3 Å². The topological polar surface area (TPSA) is 42.0 Å². The van der Waals surface area contributed by atoms with Crippen LogP contribution < -0.4 is 9.64 Å². The molecule has 7 heteroatoms. The highest BCUT2D eigenvalue weighted by Crippen LogP contribution is 2.52. The molecule has 1 amide bonds. The first-order chi connectivity index (χ1) is 15.7. The molecule has 0 unspecified atom stereocenters. The lowest BCUT2D eigenvalue weighted by molar-refractivity contribution is 0.0189. The third-order valence-electron chi connectivity index (χ3n) is 6.71. The molecular weight excluding hydrogens is 439 g/mol. The Kier molecular flexibility index (Phi) is 5.71. The van der Waals surface area contributed by atoms with Crippen LogP contribution >= 0.6 is 11.8 Å². The second-order valence-electron chi connectivity index (χ2n) is 10.0. The van der Waals surface area contributed by atoms with E-state index in [4.69, 9.17) is 9.47 Å². The van der Waals surface area contributed by atoms with Crippen LogP contribution in [0.5, 0.6) is 5.75 Å². The van der Waals surface area contributed by atoms with Crippen molar-refractivity contribution in [3.63, 3.8) is 0 Å². The fourth-order valence-corrected chi connectivity index (χ4v) is 6.39.